The van der Waals surface area contributed by atoms with Gasteiger partial charge in [0.05, 0.1) is 0 Å². The van der Waals surface area contributed by atoms with E-state index in [9.17, 15) is 13.6 Å². The topological polar surface area (TPSA) is 57.2 Å². The molecule has 1 atom stereocenters. The second-order valence-electron chi connectivity index (χ2n) is 7.03. The van der Waals surface area contributed by atoms with E-state index in [1.807, 2.05) is 16.8 Å². The number of alkyl halides is 2. The fourth-order valence-electron chi connectivity index (χ4n) is 3.40. The van der Waals surface area contributed by atoms with Crippen molar-refractivity contribution >= 4 is 11.9 Å². The van der Waals surface area contributed by atoms with E-state index >= 15 is 0 Å². The predicted molar refractivity (Wildman–Crippen MR) is 106 cm³/mol. The van der Waals surface area contributed by atoms with Crippen LogP contribution in [0.5, 0.6) is 5.75 Å². The second-order valence-corrected chi connectivity index (χ2v) is 7.03. The Balaban J connectivity index is 1.79. The molecule has 0 spiro atoms. The highest BCUT2D eigenvalue weighted by atomic mass is 19.3. The normalized spacial score (nSPS) is 17.6. The number of ether oxygens (including phenoxy) is 1. The largest absolute Gasteiger partial charge is 0.435 e. The van der Waals surface area contributed by atoms with Crippen molar-refractivity contribution in [3.8, 4) is 5.75 Å². The molecule has 1 saturated heterocycles. The number of nitrogens with one attached hydrogen (secondary N) is 1. The van der Waals surface area contributed by atoms with Crippen LogP contribution in [0.4, 0.5) is 8.78 Å². The zero-order valence-corrected chi connectivity index (χ0v) is 16.8. The molecule has 1 heterocycles. The molecule has 8 heteroatoms. The molecule has 1 amide bonds. The van der Waals surface area contributed by atoms with E-state index in [1.165, 1.54) is 18.6 Å². The minimum absolute atomic E-state index is 0.134. The standard InChI is InChI=1S/C20H30F2N4O2/c1-15-6-4-5-13-26(15)18(27)11-12-24-20(23-2)25(3)14-16-7-9-17(10-8-16)28-19(21)22/h7-10,15,19H,4-6,11-14H2,1-3H3,(H,23,24). The summed E-state index contributed by atoms with van der Waals surface area (Å²) in [6.07, 6.45) is 3.77. The molecule has 28 heavy (non-hydrogen) atoms. The number of guanidine groups is 1. The van der Waals surface area contributed by atoms with Gasteiger partial charge < -0.3 is 19.9 Å². The fraction of sp³-hybridized carbons (Fsp3) is 0.600. The third-order valence-electron chi connectivity index (χ3n) is 4.89. The molecule has 6 nitrogen and oxygen atoms in total. The van der Waals surface area contributed by atoms with Crippen molar-refractivity contribution < 1.29 is 18.3 Å². The molecule has 2 rings (SSSR count). The molecule has 1 aliphatic rings. The van der Waals surface area contributed by atoms with Crippen LogP contribution in [0.25, 0.3) is 0 Å². The van der Waals surface area contributed by atoms with Crippen LogP contribution in [0.3, 0.4) is 0 Å². The van der Waals surface area contributed by atoms with E-state index in [1.54, 1.807) is 19.2 Å². The van der Waals surface area contributed by atoms with Crippen LogP contribution in [0, 0.1) is 0 Å². The van der Waals surface area contributed by atoms with Crippen LogP contribution < -0.4 is 10.1 Å². The van der Waals surface area contributed by atoms with Crippen LogP contribution in [0.2, 0.25) is 0 Å². The summed E-state index contributed by atoms with van der Waals surface area (Å²) in [6, 6.07) is 6.83. The molecule has 0 radical (unpaired) electrons. The van der Waals surface area contributed by atoms with Gasteiger partial charge in [0.15, 0.2) is 5.96 Å². The SMILES string of the molecule is CN=C(NCCC(=O)N1CCCCC1C)N(C)Cc1ccc(OC(F)F)cc1. The van der Waals surface area contributed by atoms with Gasteiger partial charge in [0.2, 0.25) is 5.91 Å². The number of piperidine rings is 1. The van der Waals surface area contributed by atoms with E-state index in [4.69, 9.17) is 0 Å². The van der Waals surface area contributed by atoms with Crippen LogP contribution in [-0.2, 0) is 11.3 Å². The number of hydrogen-bond acceptors (Lipinski definition) is 3. The summed E-state index contributed by atoms with van der Waals surface area (Å²) in [5.41, 5.74) is 0.935. The Morgan fingerprint density at radius 1 is 1.36 bits per heavy atom. The lowest BCUT2D eigenvalue weighted by Gasteiger charge is -2.33. The summed E-state index contributed by atoms with van der Waals surface area (Å²) in [5, 5.41) is 3.22. The molecule has 0 aliphatic carbocycles. The highest BCUT2D eigenvalue weighted by Gasteiger charge is 2.22. The van der Waals surface area contributed by atoms with Gasteiger partial charge in [-0.15, -0.1) is 0 Å². The Bertz CT molecular complexity index is 652. The van der Waals surface area contributed by atoms with Gasteiger partial charge in [0, 0.05) is 46.2 Å². The van der Waals surface area contributed by atoms with Crippen LogP contribution >= 0.6 is 0 Å². The number of carbonyl (C=O) groups excluding carboxylic acids is 1. The van der Waals surface area contributed by atoms with Crippen molar-refractivity contribution in [2.75, 3.05) is 27.2 Å². The monoisotopic (exact) mass is 396 g/mol. The molecule has 1 aromatic carbocycles. The Kier molecular flexibility index (Phi) is 8.47. The molecule has 1 aromatic rings. The van der Waals surface area contributed by atoms with Crippen molar-refractivity contribution in [2.45, 2.75) is 51.8 Å². The van der Waals surface area contributed by atoms with Gasteiger partial charge in [-0.25, -0.2) is 0 Å². The van der Waals surface area contributed by atoms with Gasteiger partial charge in [-0.1, -0.05) is 12.1 Å². The van der Waals surface area contributed by atoms with E-state index < -0.39 is 6.61 Å². The van der Waals surface area contributed by atoms with E-state index in [0.717, 1.165) is 24.9 Å². The Labute approximate surface area is 165 Å². The quantitative estimate of drug-likeness (QED) is 0.568. The van der Waals surface area contributed by atoms with E-state index in [-0.39, 0.29) is 11.7 Å². The minimum Gasteiger partial charge on any atom is -0.435 e. The molecule has 1 fully saturated rings. The van der Waals surface area contributed by atoms with E-state index in [0.29, 0.717) is 31.5 Å². The number of hydrogen-bond donors (Lipinski definition) is 1. The average Bonchev–Trinajstić information content (AvgIpc) is 2.66. The maximum absolute atomic E-state index is 12.4. The first-order valence-electron chi connectivity index (χ1n) is 9.65. The molecule has 1 aliphatic heterocycles. The lowest BCUT2D eigenvalue weighted by atomic mass is 10.0. The number of aliphatic imine (C=N–C) groups is 1. The Morgan fingerprint density at radius 3 is 2.68 bits per heavy atom. The number of rotatable bonds is 7. The summed E-state index contributed by atoms with van der Waals surface area (Å²) in [4.78, 5) is 20.5. The number of carbonyl (C=O) groups is 1. The summed E-state index contributed by atoms with van der Waals surface area (Å²) in [5.74, 6) is 0.981. The molecule has 1 unspecified atom stereocenters. The molecule has 0 aromatic heterocycles. The van der Waals surface area contributed by atoms with Crippen molar-refractivity contribution in [2.24, 2.45) is 4.99 Å². The first-order chi connectivity index (χ1) is 13.4. The molecular formula is C20H30F2N4O2. The fourth-order valence-corrected chi connectivity index (χ4v) is 3.40. The first kappa shape index (κ1) is 21.9. The number of benzene rings is 1. The zero-order chi connectivity index (χ0) is 20.5. The maximum Gasteiger partial charge on any atom is 0.387 e. The molecule has 0 bridgehead atoms. The summed E-state index contributed by atoms with van der Waals surface area (Å²) in [7, 11) is 3.57. The van der Waals surface area contributed by atoms with Crippen LogP contribution in [0.1, 0.15) is 38.2 Å². The van der Waals surface area contributed by atoms with Gasteiger partial charge in [0.1, 0.15) is 5.75 Å². The minimum atomic E-state index is -2.83. The molecule has 1 N–H and O–H groups in total. The van der Waals surface area contributed by atoms with Gasteiger partial charge in [0.25, 0.3) is 0 Å². The smallest absolute Gasteiger partial charge is 0.387 e. The molecule has 0 saturated carbocycles. The van der Waals surface area contributed by atoms with Gasteiger partial charge in [-0.3, -0.25) is 9.79 Å². The first-order valence-corrected chi connectivity index (χ1v) is 9.65. The maximum atomic E-state index is 12.4. The third kappa shape index (κ3) is 6.65. The number of likely N-dealkylation sites (tertiary alicyclic amines) is 1. The van der Waals surface area contributed by atoms with Crippen molar-refractivity contribution in [3.05, 3.63) is 29.8 Å². The van der Waals surface area contributed by atoms with Gasteiger partial charge >= 0.3 is 6.61 Å². The number of nitrogens with zero attached hydrogens (tertiary/aromatic N) is 3. The predicted octanol–water partition coefficient (Wildman–Crippen LogP) is 3.09. The average molecular weight is 396 g/mol. The zero-order valence-electron chi connectivity index (χ0n) is 16.8. The number of halogens is 2. The Hall–Kier alpha value is -2.38. The van der Waals surface area contributed by atoms with Gasteiger partial charge in [-0.2, -0.15) is 8.78 Å². The highest BCUT2D eigenvalue weighted by molar-refractivity contribution is 5.81. The van der Waals surface area contributed by atoms with Crippen molar-refractivity contribution in [1.82, 2.24) is 15.1 Å². The summed E-state index contributed by atoms with van der Waals surface area (Å²) in [6.45, 7) is 1.19. The lowest BCUT2D eigenvalue weighted by molar-refractivity contribution is -0.134. The molecular weight excluding hydrogens is 366 g/mol. The Morgan fingerprint density at radius 2 is 2.07 bits per heavy atom. The number of amides is 1. The third-order valence-corrected chi connectivity index (χ3v) is 4.89. The van der Waals surface area contributed by atoms with Crippen LogP contribution in [0.15, 0.2) is 29.3 Å². The van der Waals surface area contributed by atoms with Gasteiger partial charge in [-0.05, 0) is 43.9 Å². The molecule has 156 valence electrons. The summed E-state index contributed by atoms with van der Waals surface area (Å²) < 4.78 is 28.8. The lowest BCUT2D eigenvalue weighted by Crippen LogP contribution is -2.44. The van der Waals surface area contributed by atoms with Crippen molar-refractivity contribution in [1.29, 1.82) is 0 Å². The summed E-state index contributed by atoms with van der Waals surface area (Å²) >= 11 is 0. The van der Waals surface area contributed by atoms with Crippen LogP contribution in [-0.4, -0.2) is 61.5 Å². The highest BCUT2D eigenvalue weighted by Crippen LogP contribution is 2.17. The second kappa shape index (κ2) is 10.8. The van der Waals surface area contributed by atoms with Crippen molar-refractivity contribution in [3.63, 3.8) is 0 Å². The van der Waals surface area contributed by atoms with E-state index in [2.05, 4.69) is 22.0 Å².